The summed E-state index contributed by atoms with van der Waals surface area (Å²) in [4.78, 5) is 11.6. The molecule has 0 aliphatic heterocycles. The van der Waals surface area contributed by atoms with E-state index in [-0.39, 0.29) is 17.1 Å². The summed E-state index contributed by atoms with van der Waals surface area (Å²) >= 11 is 0. The van der Waals surface area contributed by atoms with E-state index in [2.05, 4.69) is 45.7 Å². The normalized spacial score (nSPS) is 39.7. The number of ether oxygens (including phenoxy) is 2. The predicted molar refractivity (Wildman–Crippen MR) is 186 cm³/mol. The van der Waals surface area contributed by atoms with E-state index in [1.807, 2.05) is 26.8 Å². The monoisotopic (exact) mass is 633 g/mol. The van der Waals surface area contributed by atoms with Crippen LogP contribution in [0.3, 0.4) is 0 Å². The number of carbonyl (C=O) groups is 1. The van der Waals surface area contributed by atoms with Gasteiger partial charge in [-0.05, 0) is 129 Å². The first-order chi connectivity index (χ1) is 21.6. The molecule has 2 N–H and O–H groups in total. The Kier molecular flexibility index (Phi) is 8.72. The Balaban J connectivity index is 1.17. The van der Waals surface area contributed by atoms with Crippen molar-refractivity contribution in [1.82, 2.24) is 5.32 Å². The number of aldehydes is 1. The van der Waals surface area contributed by atoms with Gasteiger partial charge in [-0.25, -0.2) is 0 Å². The highest BCUT2D eigenvalue weighted by molar-refractivity contribution is 5.58. The van der Waals surface area contributed by atoms with Crippen LogP contribution < -0.4 is 10.1 Å². The van der Waals surface area contributed by atoms with Gasteiger partial charge < -0.3 is 24.7 Å². The number of hydrogen-bond donors (Lipinski definition) is 2. The maximum atomic E-state index is 11.6. The molecule has 0 saturated heterocycles. The van der Waals surface area contributed by atoms with Gasteiger partial charge >= 0.3 is 0 Å². The van der Waals surface area contributed by atoms with Gasteiger partial charge in [0.25, 0.3) is 0 Å². The number of nitrogens with one attached hydrogen (secondary N) is 1. The Morgan fingerprint density at radius 1 is 0.978 bits per heavy atom. The first-order valence-electron chi connectivity index (χ1n) is 18.5. The molecule has 6 rings (SSSR count). The van der Waals surface area contributed by atoms with Crippen LogP contribution in [0.15, 0.2) is 24.5 Å². The molecule has 1 aromatic rings. The number of allylic oxidation sites excluding steroid dienone is 1. The summed E-state index contributed by atoms with van der Waals surface area (Å²) in [5.74, 6) is 5.64. The number of aromatic hydroxyl groups is 1. The minimum absolute atomic E-state index is 0.0730. The Morgan fingerprint density at radius 3 is 2.43 bits per heavy atom. The molecule has 0 amide bonds. The quantitative estimate of drug-likeness (QED) is 0.209. The summed E-state index contributed by atoms with van der Waals surface area (Å²) in [5, 5.41) is 14.7. The van der Waals surface area contributed by atoms with Gasteiger partial charge in [-0.3, -0.25) is 0 Å². The topological polar surface area (TPSA) is 67.8 Å². The number of phenols is 1. The molecular weight excluding hydrogens is 570 g/mol. The highest BCUT2D eigenvalue weighted by atomic mass is 16.5. The maximum Gasteiger partial charge on any atom is 0.126 e. The zero-order chi connectivity index (χ0) is 33.3. The van der Waals surface area contributed by atoms with Crippen molar-refractivity contribution in [2.24, 2.45) is 51.2 Å². The molecule has 0 radical (unpaired) electrons. The summed E-state index contributed by atoms with van der Waals surface area (Å²) in [6, 6.07) is 4.02. The predicted octanol–water partition coefficient (Wildman–Crippen LogP) is 9.53. The van der Waals surface area contributed by atoms with Crippen LogP contribution in [-0.4, -0.2) is 30.1 Å². The fourth-order valence-electron chi connectivity index (χ4n) is 12.8. The molecule has 5 saturated carbocycles. The average molecular weight is 634 g/mol. The van der Waals surface area contributed by atoms with Crippen molar-refractivity contribution in [3.8, 4) is 11.5 Å². The molecule has 0 bridgehead atoms. The number of benzene rings is 1. The van der Waals surface area contributed by atoms with E-state index in [1.165, 1.54) is 64.2 Å². The van der Waals surface area contributed by atoms with Gasteiger partial charge in [0.15, 0.2) is 0 Å². The minimum atomic E-state index is -0.431. The molecule has 1 aromatic carbocycles. The zero-order valence-electron chi connectivity index (χ0n) is 30.3. The van der Waals surface area contributed by atoms with Crippen molar-refractivity contribution in [3.63, 3.8) is 0 Å². The van der Waals surface area contributed by atoms with Gasteiger partial charge in [-0.15, -0.1) is 0 Å². The molecule has 0 aromatic heterocycles. The van der Waals surface area contributed by atoms with E-state index in [0.29, 0.717) is 28.9 Å². The van der Waals surface area contributed by atoms with Gasteiger partial charge in [0, 0.05) is 34.9 Å². The van der Waals surface area contributed by atoms with E-state index in [4.69, 9.17) is 9.47 Å². The second-order valence-corrected chi connectivity index (χ2v) is 18.3. The summed E-state index contributed by atoms with van der Waals surface area (Å²) in [7, 11) is 1.69. The molecule has 0 spiro atoms. The molecular formula is C41H63NO4. The van der Waals surface area contributed by atoms with E-state index in [1.54, 1.807) is 7.11 Å². The van der Waals surface area contributed by atoms with E-state index >= 15 is 0 Å². The molecule has 5 aliphatic rings. The standard InChI is InChI=1S/C41H63NO4/c1-26(23-37(3,4)25-43)46-36-16-19-40(8)34(38(36,5)6)15-18-39(7)30-14-20-41(17-10-11-31(41)29(30)12-13-35(39)40)42-24-28-21-32(44)27(2)33(22-28)45-9/h21-22,25,29-31,34-36,42,44H,1,10-20,23-24H2,2-9H3. The third kappa shape index (κ3) is 5.43. The van der Waals surface area contributed by atoms with Crippen LogP contribution in [0.25, 0.3) is 0 Å². The molecule has 5 heteroatoms. The summed E-state index contributed by atoms with van der Waals surface area (Å²) in [6.45, 7) is 21.2. The molecule has 5 fully saturated rings. The van der Waals surface area contributed by atoms with E-state index in [9.17, 15) is 9.90 Å². The molecule has 46 heavy (non-hydrogen) atoms. The van der Waals surface area contributed by atoms with E-state index in [0.717, 1.165) is 65.6 Å². The Labute approximate surface area is 279 Å². The second kappa shape index (κ2) is 11.8. The molecule has 0 heterocycles. The largest absolute Gasteiger partial charge is 0.508 e. The van der Waals surface area contributed by atoms with Crippen molar-refractivity contribution in [2.45, 2.75) is 144 Å². The first kappa shape index (κ1) is 33.9. The van der Waals surface area contributed by atoms with Crippen LogP contribution in [0, 0.1) is 58.2 Å². The number of carbonyl (C=O) groups excluding carboxylic acids is 1. The number of methoxy groups -OCH3 is 1. The zero-order valence-corrected chi connectivity index (χ0v) is 30.3. The van der Waals surface area contributed by atoms with Crippen LogP contribution in [0.5, 0.6) is 11.5 Å². The maximum absolute atomic E-state index is 11.6. The molecule has 256 valence electrons. The first-order valence-corrected chi connectivity index (χ1v) is 18.5. The molecule has 9 atom stereocenters. The fraction of sp³-hybridized carbons (Fsp3) is 0.780. The van der Waals surface area contributed by atoms with Crippen LogP contribution in [0.2, 0.25) is 0 Å². The van der Waals surface area contributed by atoms with Crippen LogP contribution >= 0.6 is 0 Å². The van der Waals surface area contributed by atoms with Crippen molar-refractivity contribution in [1.29, 1.82) is 0 Å². The van der Waals surface area contributed by atoms with Gasteiger partial charge in [-0.1, -0.05) is 54.5 Å². The van der Waals surface area contributed by atoms with Gasteiger partial charge in [0.2, 0.25) is 0 Å². The Bertz CT molecular complexity index is 1330. The lowest BCUT2D eigenvalue weighted by atomic mass is 9.36. The number of phenolic OH excluding ortho intramolecular Hbond substituents is 1. The Hall–Kier alpha value is -2.01. The van der Waals surface area contributed by atoms with Gasteiger partial charge in [-0.2, -0.15) is 0 Å². The Morgan fingerprint density at radius 2 is 1.72 bits per heavy atom. The smallest absolute Gasteiger partial charge is 0.126 e. The summed E-state index contributed by atoms with van der Waals surface area (Å²) in [5.41, 5.74) is 2.52. The number of fused-ring (bicyclic) bond motifs is 7. The third-order valence-corrected chi connectivity index (χ3v) is 15.0. The second-order valence-electron chi connectivity index (χ2n) is 18.3. The van der Waals surface area contributed by atoms with Crippen LogP contribution in [0.1, 0.15) is 130 Å². The van der Waals surface area contributed by atoms with Crippen molar-refractivity contribution in [2.75, 3.05) is 7.11 Å². The lowest BCUT2D eigenvalue weighted by Crippen LogP contribution is -2.64. The van der Waals surface area contributed by atoms with E-state index < -0.39 is 5.41 Å². The fourth-order valence-corrected chi connectivity index (χ4v) is 12.8. The summed E-state index contributed by atoms with van der Waals surface area (Å²) < 4.78 is 12.2. The summed E-state index contributed by atoms with van der Waals surface area (Å²) in [6.07, 6.45) is 16.0. The van der Waals surface area contributed by atoms with Crippen molar-refractivity contribution >= 4 is 6.29 Å². The van der Waals surface area contributed by atoms with Crippen molar-refractivity contribution < 1.29 is 19.4 Å². The number of rotatable bonds is 9. The minimum Gasteiger partial charge on any atom is -0.508 e. The SMILES string of the molecule is C=C(CC(C)(C)C=O)OC1CCC2(C)C(CCC3(C)C4CCC5(NCc6cc(O)c(C)c(OC)c6)CCCC5C4CCC32)C1(C)C. The highest BCUT2D eigenvalue weighted by Gasteiger charge is 2.66. The number of hydrogen-bond acceptors (Lipinski definition) is 5. The molecule has 5 aliphatic carbocycles. The van der Waals surface area contributed by atoms with Crippen LogP contribution in [-0.2, 0) is 16.1 Å². The molecule has 9 unspecified atom stereocenters. The highest BCUT2D eigenvalue weighted by Crippen LogP contribution is 2.72. The average Bonchev–Trinajstić information content (AvgIpc) is 3.43. The van der Waals surface area contributed by atoms with Gasteiger partial charge in [0.1, 0.15) is 23.9 Å². The van der Waals surface area contributed by atoms with Crippen LogP contribution in [0.4, 0.5) is 0 Å². The molecule has 5 nitrogen and oxygen atoms in total. The lowest BCUT2D eigenvalue weighted by Gasteiger charge is -2.69. The van der Waals surface area contributed by atoms with Gasteiger partial charge in [0.05, 0.1) is 12.9 Å². The lowest BCUT2D eigenvalue weighted by molar-refractivity contribution is -0.214. The van der Waals surface area contributed by atoms with Crippen molar-refractivity contribution in [3.05, 3.63) is 35.6 Å². The third-order valence-electron chi connectivity index (χ3n) is 15.0.